The molecule has 1 heterocycles. The molecule has 0 radical (unpaired) electrons. The Morgan fingerprint density at radius 1 is 1.35 bits per heavy atom. The highest BCUT2D eigenvalue weighted by Gasteiger charge is 2.10. The third-order valence-electron chi connectivity index (χ3n) is 3.21. The van der Waals surface area contributed by atoms with Crippen molar-refractivity contribution in [2.75, 3.05) is 13.2 Å². The summed E-state index contributed by atoms with van der Waals surface area (Å²) in [4.78, 5) is 4.35. The molecule has 0 aliphatic heterocycles. The Labute approximate surface area is 123 Å². The third-order valence-corrected chi connectivity index (χ3v) is 3.45. The maximum Gasteiger partial charge on any atom is 0.125 e. The highest BCUT2D eigenvalue weighted by atomic mass is 35.5. The van der Waals surface area contributed by atoms with E-state index in [4.69, 9.17) is 16.3 Å². The first-order valence-corrected chi connectivity index (χ1v) is 7.43. The van der Waals surface area contributed by atoms with Crippen LogP contribution >= 0.6 is 11.6 Å². The van der Waals surface area contributed by atoms with Gasteiger partial charge in [-0.1, -0.05) is 13.8 Å². The predicted molar refractivity (Wildman–Crippen MR) is 79.5 cm³/mol. The van der Waals surface area contributed by atoms with Gasteiger partial charge in [0.05, 0.1) is 23.5 Å². The number of imidazole rings is 1. The van der Waals surface area contributed by atoms with E-state index in [-0.39, 0.29) is 5.82 Å². The first-order valence-electron chi connectivity index (χ1n) is 6.90. The van der Waals surface area contributed by atoms with Crippen LogP contribution in [0.3, 0.4) is 0 Å². The molecular formula is C15H20ClFN2O. The molecule has 0 saturated carbocycles. The lowest BCUT2D eigenvalue weighted by Crippen LogP contribution is -2.10. The zero-order valence-electron chi connectivity index (χ0n) is 11.9. The van der Waals surface area contributed by atoms with Gasteiger partial charge in [-0.15, -0.1) is 11.6 Å². The summed E-state index contributed by atoms with van der Waals surface area (Å²) in [6.07, 6.45) is 1.05. The van der Waals surface area contributed by atoms with Crippen LogP contribution in [0.4, 0.5) is 4.39 Å². The summed E-state index contributed by atoms with van der Waals surface area (Å²) in [5, 5.41) is 0. The molecule has 0 spiro atoms. The first-order chi connectivity index (χ1) is 9.61. The number of alkyl halides is 1. The molecule has 0 N–H and O–H groups in total. The molecule has 2 rings (SSSR count). The van der Waals surface area contributed by atoms with E-state index in [1.807, 2.05) is 4.57 Å². The minimum Gasteiger partial charge on any atom is -0.380 e. The van der Waals surface area contributed by atoms with Crippen molar-refractivity contribution >= 4 is 22.6 Å². The van der Waals surface area contributed by atoms with Gasteiger partial charge in [-0.2, -0.15) is 0 Å². The van der Waals surface area contributed by atoms with Gasteiger partial charge in [-0.3, -0.25) is 0 Å². The number of rotatable bonds is 7. The molecule has 0 amide bonds. The number of fused-ring (bicyclic) bond motifs is 1. The molecule has 1 aromatic heterocycles. The van der Waals surface area contributed by atoms with E-state index in [9.17, 15) is 4.39 Å². The topological polar surface area (TPSA) is 27.1 Å². The lowest BCUT2D eigenvalue weighted by molar-refractivity contribution is 0.116. The average molecular weight is 299 g/mol. The molecule has 0 aliphatic rings. The first kappa shape index (κ1) is 15.3. The molecule has 0 fully saturated rings. The molecule has 0 unspecified atom stereocenters. The van der Waals surface area contributed by atoms with Crippen LogP contribution in [0.5, 0.6) is 0 Å². The van der Waals surface area contributed by atoms with Gasteiger partial charge in [0.15, 0.2) is 0 Å². The standard InChI is InChI=1S/C15H20ClFN2O/c1-11(2)5-7-20-8-6-19-14-4-3-12(17)9-13(14)18-15(19)10-16/h3-4,9,11H,5-8,10H2,1-2H3. The molecule has 5 heteroatoms. The maximum atomic E-state index is 13.2. The van der Waals surface area contributed by atoms with Crippen molar-refractivity contribution in [2.45, 2.75) is 32.7 Å². The Balaban J connectivity index is 2.04. The van der Waals surface area contributed by atoms with Crippen LogP contribution < -0.4 is 0 Å². The minimum absolute atomic E-state index is 0.281. The second-order valence-electron chi connectivity index (χ2n) is 5.24. The van der Waals surface area contributed by atoms with Crippen LogP contribution in [-0.4, -0.2) is 22.8 Å². The summed E-state index contributed by atoms with van der Waals surface area (Å²) in [6.45, 7) is 6.40. The van der Waals surface area contributed by atoms with Gasteiger partial charge >= 0.3 is 0 Å². The van der Waals surface area contributed by atoms with Crippen LogP contribution in [-0.2, 0) is 17.2 Å². The number of nitrogens with zero attached hydrogens (tertiary/aromatic N) is 2. The highest BCUT2D eigenvalue weighted by molar-refractivity contribution is 6.16. The monoisotopic (exact) mass is 298 g/mol. The fourth-order valence-electron chi connectivity index (χ4n) is 2.08. The number of hydrogen-bond donors (Lipinski definition) is 0. The summed E-state index contributed by atoms with van der Waals surface area (Å²) >= 11 is 5.91. The number of ether oxygens (including phenoxy) is 1. The second kappa shape index (κ2) is 7.04. The van der Waals surface area contributed by atoms with Crippen molar-refractivity contribution in [2.24, 2.45) is 5.92 Å². The molecule has 20 heavy (non-hydrogen) atoms. The fourth-order valence-corrected chi connectivity index (χ4v) is 2.29. The zero-order valence-corrected chi connectivity index (χ0v) is 12.7. The molecule has 110 valence electrons. The van der Waals surface area contributed by atoms with Crippen molar-refractivity contribution in [1.82, 2.24) is 9.55 Å². The summed E-state index contributed by atoms with van der Waals surface area (Å²) in [7, 11) is 0. The summed E-state index contributed by atoms with van der Waals surface area (Å²) < 4.78 is 20.8. The van der Waals surface area contributed by atoms with E-state index in [1.54, 1.807) is 6.07 Å². The van der Waals surface area contributed by atoms with Crippen molar-refractivity contribution < 1.29 is 9.13 Å². The van der Waals surface area contributed by atoms with Gasteiger partial charge < -0.3 is 9.30 Å². The van der Waals surface area contributed by atoms with E-state index in [0.29, 0.717) is 30.5 Å². The minimum atomic E-state index is -0.281. The second-order valence-corrected chi connectivity index (χ2v) is 5.51. The van der Waals surface area contributed by atoms with Gasteiger partial charge in [0.25, 0.3) is 0 Å². The number of halogens is 2. The summed E-state index contributed by atoms with van der Waals surface area (Å²) in [5.41, 5.74) is 1.54. The van der Waals surface area contributed by atoms with Crippen LogP contribution in [0, 0.1) is 11.7 Å². The molecular weight excluding hydrogens is 279 g/mol. The van der Waals surface area contributed by atoms with Gasteiger partial charge in [0, 0.05) is 19.2 Å². The van der Waals surface area contributed by atoms with E-state index in [1.165, 1.54) is 12.1 Å². The zero-order chi connectivity index (χ0) is 14.5. The highest BCUT2D eigenvalue weighted by Crippen LogP contribution is 2.18. The Morgan fingerprint density at radius 3 is 2.85 bits per heavy atom. The average Bonchev–Trinajstić information content (AvgIpc) is 2.75. The van der Waals surface area contributed by atoms with Crippen molar-refractivity contribution in [1.29, 1.82) is 0 Å². The third kappa shape index (κ3) is 3.70. The Bertz CT molecular complexity index is 568. The van der Waals surface area contributed by atoms with Gasteiger partial charge in [0.2, 0.25) is 0 Å². The number of aromatic nitrogens is 2. The predicted octanol–water partition coefficient (Wildman–Crippen LogP) is 3.98. The van der Waals surface area contributed by atoms with E-state index < -0.39 is 0 Å². The largest absolute Gasteiger partial charge is 0.380 e. The SMILES string of the molecule is CC(C)CCOCCn1c(CCl)nc2cc(F)ccc21. The number of hydrogen-bond acceptors (Lipinski definition) is 2. The Morgan fingerprint density at radius 2 is 2.15 bits per heavy atom. The maximum absolute atomic E-state index is 13.2. The van der Waals surface area contributed by atoms with Crippen LogP contribution in [0.2, 0.25) is 0 Å². The quantitative estimate of drug-likeness (QED) is 0.571. The van der Waals surface area contributed by atoms with Crippen LogP contribution in [0.1, 0.15) is 26.1 Å². The van der Waals surface area contributed by atoms with Crippen molar-refractivity contribution in [3.63, 3.8) is 0 Å². The van der Waals surface area contributed by atoms with E-state index in [2.05, 4.69) is 18.8 Å². The van der Waals surface area contributed by atoms with Gasteiger partial charge in [-0.25, -0.2) is 9.37 Å². The Hall–Kier alpha value is -1.13. The molecule has 0 aliphatic carbocycles. The molecule has 0 atom stereocenters. The lowest BCUT2D eigenvalue weighted by Gasteiger charge is -2.09. The van der Waals surface area contributed by atoms with Crippen molar-refractivity contribution in [3.05, 3.63) is 29.8 Å². The number of benzene rings is 1. The molecule has 3 nitrogen and oxygen atoms in total. The van der Waals surface area contributed by atoms with E-state index >= 15 is 0 Å². The van der Waals surface area contributed by atoms with Gasteiger partial charge in [-0.05, 0) is 24.5 Å². The van der Waals surface area contributed by atoms with Crippen LogP contribution in [0.15, 0.2) is 18.2 Å². The molecule has 1 aromatic carbocycles. The fraction of sp³-hybridized carbons (Fsp3) is 0.533. The summed E-state index contributed by atoms with van der Waals surface area (Å²) in [5.74, 6) is 1.42. The molecule has 2 aromatic rings. The summed E-state index contributed by atoms with van der Waals surface area (Å²) in [6, 6.07) is 4.61. The van der Waals surface area contributed by atoms with E-state index in [0.717, 1.165) is 24.4 Å². The van der Waals surface area contributed by atoms with Crippen LogP contribution in [0.25, 0.3) is 11.0 Å². The molecule has 0 saturated heterocycles. The van der Waals surface area contributed by atoms with Gasteiger partial charge in [0.1, 0.15) is 11.6 Å². The Kier molecular flexibility index (Phi) is 5.38. The lowest BCUT2D eigenvalue weighted by atomic mass is 10.1. The molecule has 0 bridgehead atoms. The normalized spacial score (nSPS) is 11.7. The van der Waals surface area contributed by atoms with Crippen molar-refractivity contribution in [3.8, 4) is 0 Å². The smallest absolute Gasteiger partial charge is 0.125 e.